The number of hydrogen-bond acceptors (Lipinski definition) is 6. The number of rotatable bonds is 17. The molecule has 0 saturated heterocycles. The monoisotopic (exact) mass is 404 g/mol. The van der Waals surface area contributed by atoms with Crippen molar-refractivity contribution in [2.24, 2.45) is 17.2 Å². The van der Waals surface area contributed by atoms with Crippen LogP contribution >= 0.6 is 0 Å². The summed E-state index contributed by atoms with van der Waals surface area (Å²) in [6.07, 6.45) is 1.93. The Morgan fingerprint density at radius 2 is 0.964 bits per heavy atom. The Labute approximate surface area is 171 Å². The molecule has 28 heavy (non-hydrogen) atoms. The molecule has 0 unspecified atom stereocenters. The highest BCUT2D eigenvalue weighted by Crippen LogP contribution is 1.99. The Kier molecular flexibility index (Phi) is 20.6. The highest BCUT2D eigenvalue weighted by molar-refractivity contribution is 5.74. The summed E-state index contributed by atoms with van der Waals surface area (Å²) in [6.45, 7) is 8.09. The smallest absolute Gasteiger partial charge is 0.218 e. The van der Waals surface area contributed by atoms with Crippen LogP contribution in [-0.2, 0) is 14.4 Å². The normalized spacial score (nSPS) is 10.6. The first-order valence-corrected chi connectivity index (χ1v) is 9.22. The van der Waals surface area contributed by atoms with E-state index in [1.165, 1.54) is 0 Å². The number of carbonyl (C=O) groups excluding carboxylic acids is 3. The number of nitrogens with zero attached hydrogens (tertiary/aromatic N) is 3. The lowest BCUT2D eigenvalue weighted by molar-refractivity contribution is -0.119. The Hall–Kier alpha value is -1.71. The molecule has 3 amide bonds. The van der Waals surface area contributed by atoms with E-state index in [9.17, 15) is 14.4 Å². The van der Waals surface area contributed by atoms with Gasteiger partial charge in [-0.25, -0.2) is 0 Å². The van der Waals surface area contributed by atoms with Gasteiger partial charge in [-0.1, -0.05) is 21.8 Å². The summed E-state index contributed by atoms with van der Waals surface area (Å²) in [5.74, 6) is -0.993. The molecule has 6 N–H and O–H groups in total. The molecule has 0 aromatic heterocycles. The van der Waals surface area contributed by atoms with Crippen molar-refractivity contribution in [2.75, 3.05) is 59.4 Å². The van der Waals surface area contributed by atoms with Gasteiger partial charge in [0.2, 0.25) is 17.7 Å². The number of carbonyl (C=O) groups is 3. The van der Waals surface area contributed by atoms with E-state index < -0.39 is 0 Å². The van der Waals surface area contributed by atoms with Crippen molar-refractivity contribution in [1.29, 1.82) is 0 Å². The predicted octanol–water partition coefficient (Wildman–Crippen LogP) is -0.169. The van der Waals surface area contributed by atoms with Gasteiger partial charge in [0.15, 0.2) is 0 Å². The summed E-state index contributed by atoms with van der Waals surface area (Å²) in [5, 5.41) is 0. The molecule has 0 saturated carbocycles. The SMILES string of the molecule is C.C.CCCN(CCN(C)CCC(N)=O)CCN(CCC(N)=O)CCC(N)=O. The first-order chi connectivity index (χ1) is 12.2. The summed E-state index contributed by atoms with van der Waals surface area (Å²) >= 11 is 0. The molecule has 9 nitrogen and oxygen atoms in total. The Morgan fingerprint density at radius 3 is 1.36 bits per heavy atom. The molecule has 0 aliphatic carbocycles. The quantitative estimate of drug-likeness (QED) is 0.308. The maximum absolute atomic E-state index is 11.0. The van der Waals surface area contributed by atoms with Gasteiger partial charge in [-0.05, 0) is 20.0 Å². The molecule has 0 bridgehead atoms. The molecule has 0 aliphatic heterocycles. The van der Waals surface area contributed by atoms with E-state index in [2.05, 4.69) is 21.6 Å². The van der Waals surface area contributed by atoms with Crippen LogP contribution < -0.4 is 17.2 Å². The largest absolute Gasteiger partial charge is 0.370 e. The van der Waals surface area contributed by atoms with Gasteiger partial charge in [0.1, 0.15) is 0 Å². The topological polar surface area (TPSA) is 139 Å². The molecular weight excluding hydrogens is 360 g/mol. The van der Waals surface area contributed by atoms with E-state index in [1.54, 1.807) is 0 Å². The van der Waals surface area contributed by atoms with Crippen molar-refractivity contribution >= 4 is 17.7 Å². The molecule has 9 heteroatoms. The summed E-state index contributed by atoms with van der Waals surface area (Å²) in [7, 11) is 1.97. The zero-order chi connectivity index (χ0) is 19.9. The van der Waals surface area contributed by atoms with Gasteiger partial charge in [-0.15, -0.1) is 0 Å². The minimum Gasteiger partial charge on any atom is -0.370 e. The number of primary amides is 3. The van der Waals surface area contributed by atoms with Gasteiger partial charge >= 0.3 is 0 Å². The molecule has 0 aliphatic rings. The molecule has 0 heterocycles. The van der Waals surface area contributed by atoms with Crippen LogP contribution in [0.3, 0.4) is 0 Å². The maximum Gasteiger partial charge on any atom is 0.218 e. The Bertz CT molecular complexity index is 416. The van der Waals surface area contributed by atoms with E-state index >= 15 is 0 Å². The second kappa shape index (κ2) is 18.6. The second-order valence-corrected chi connectivity index (χ2v) is 6.64. The van der Waals surface area contributed by atoms with Gasteiger partial charge < -0.3 is 31.9 Å². The lowest BCUT2D eigenvalue weighted by Crippen LogP contribution is -2.41. The van der Waals surface area contributed by atoms with Crippen LogP contribution in [0.5, 0.6) is 0 Å². The van der Waals surface area contributed by atoms with Crippen LogP contribution in [0.4, 0.5) is 0 Å². The fraction of sp³-hybridized carbons (Fsp3) is 0.842. The van der Waals surface area contributed by atoms with E-state index in [0.717, 1.165) is 39.1 Å². The second-order valence-electron chi connectivity index (χ2n) is 6.64. The van der Waals surface area contributed by atoms with Crippen molar-refractivity contribution in [3.63, 3.8) is 0 Å². The summed E-state index contributed by atoms with van der Waals surface area (Å²) in [5.41, 5.74) is 15.6. The van der Waals surface area contributed by atoms with Gasteiger partial charge in [0.05, 0.1) is 0 Å². The third-order valence-corrected chi connectivity index (χ3v) is 4.16. The van der Waals surface area contributed by atoms with E-state index in [1.807, 2.05) is 7.05 Å². The zero-order valence-electron chi connectivity index (χ0n) is 16.3. The summed E-state index contributed by atoms with van der Waals surface area (Å²) < 4.78 is 0. The van der Waals surface area contributed by atoms with Gasteiger partial charge in [-0.3, -0.25) is 14.4 Å². The van der Waals surface area contributed by atoms with Crippen LogP contribution in [0.1, 0.15) is 47.5 Å². The molecule has 0 fully saturated rings. The molecule has 0 spiro atoms. The zero-order valence-corrected chi connectivity index (χ0v) is 16.3. The highest BCUT2D eigenvalue weighted by Gasteiger charge is 2.12. The van der Waals surface area contributed by atoms with Gasteiger partial charge in [0, 0.05) is 65.1 Å². The summed E-state index contributed by atoms with van der Waals surface area (Å²) in [4.78, 5) is 39.4. The van der Waals surface area contributed by atoms with Crippen LogP contribution in [0.15, 0.2) is 0 Å². The molecule has 0 aromatic carbocycles. The van der Waals surface area contributed by atoms with Crippen molar-refractivity contribution < 1.29 is 14.4 Å². The van der Waals surface area contributed by atoms with E-state index in [4.69, 9.17) is 17.2 Å². The number of amides is 3. The third-order valence-electron chi connectivity index (χ3n) is 4.16. The molecule has 0 radical (unpaired) electrons. The van der Waals surface area contributed by atoms with Crippen molar-refractivity contribution in [3.05, 3.63) is 0 Å². The number of hydrogen-bond donors (Lipinski definition) is 3. The minimum atomic E-state index is -0.351. The maximum atomic E-state index is 11.0. The molecule has 0 aromatic rings. The third kappa shape index (κ3) is 19.1. The molecule has 168 valence electrons. The van der Waals surface area contributed by atoms with Gasteiger partial charge in [-0.2, -0.15) is 0 Å². The summed E-state index contributed by atoms with van der Waals surface area (Å²) in [6, 6.07) is 0. The average Bonchev–Trinajstić information content (AvgIpc) is 2.56. The first-order valence-electron chi connectivity index (χ1n) is 9.22. The lowest BCUT2D eigenvalue weighted by atomic mass is 10.3. The van der Waals surface area contributed by atoms with E-state index in [-0.39, 0.29) is 45.4 Å². The van der Waals surface area contributed by atoms with Crippen molar-refractivity contribution in [1.82, 2.24) is 14.7 Å². The molecule has 0 atom stereocenters. The lowest BCUT2D eigenvalue weighted by Gasteiger charge is -2.28. The average molecular weight is 405 g/mol. The standard InChI is InChI=1S/C17H36N6O3.2CH4/c1-3-7-22(12-11-21(2)8-4-15(18)24)13-14-23(9-5-16(19)25)10-6-17(20)26;;/h3-14H2,1-2H3,(H2,18,24)(H2,19,25)(H2,20,26);2*1H4. The minimum absolute atomic E-state index is 0. The predicted molar refractivity (Wildman–Crippen MR) is 116 cm³/mol. The van der Waals surface area contributed by atoms with Gasteiger partial charge in [0.25, 0.3) is 0 Å². The highest BCUT2D eigenvalue weighted by atomic mass is 16.1. The van der Waals surface area contributed by atoms with Crippen LogP contribution in [0.25, 0.3) is 0 Å². The van der Waals surface area contributed by atoms with Crippen LogP contribution in [0, 0.1) is 0 Å². The Morgan fingerprint density at radius 1 is 0.607 bits per heavy atom. The van der Waals surface area contributed by atoms with E-state index in [0.29, 0.717) is 26.1 Å². The Balaban J connectivity index is -0.00000312. The first kappa shape index (κ1) is 31.0. The molecule has 0 rings (SSSR count). The fourth-order valence-corrected chi connectivity index (χ4v) is 2.53. The van der Waals surface area contributed by atoms with Crippen molar-refractivity contribution in [2.45, 2.75) is 47.5 Å². The van der Waals surface area contributed by atoms with Crippen LogP contribution in [-0.4, -0.2) is 91.8 Å². The van der Waals surface area contributed by atoms with Crippen molar-refractivity contribution in [3.8, 4) is 0 Å². The molecular formula is C19H44N6O3. The number of nitrogens with two attached hydrogens (primary N) is 3. The number of likely N-dealkylation sites (N-methyl/N-ethyl adjacent to an activating group) is 1. The fourth-order valence-electron chi connectivity index (χ4n) is 2.53. The van der Waals surface area contributed by atoms with Crippen LogP contribution in [0.2, 0.25) is 0 Å².